The Morgan fingerprint density at radius 1 is 1.60 bits per heavy atom. The molecule has 1 N–H and O–H groups in total. The molecule has 0 amide bonds. The summed E-state index contributed by atoms with van der Waals surface area (Å²) in [6, 6.07) is 2.61. The van der Waals surface area contributed by atoms with E-state index in [-0.39, 0.29) is 9.26 Å². The summed E-state index contributed by atoms with van der Waals surface area (Å²) in [5.41, 5.74) is 0.384. The Kier molecular flexibility index (Phi) is 5.14. The first-order valence-electron chi connectivity index (χ1n) is 6.56. The van der Waals surface area contributed by atoms with Crippen molar-refractivity contribution in [3.05, 3.63) is 31.6 Å². The maximum atomic E-state index is 13.8. The molecule has 1 aliphatic rings. The minimum absolute atomic E-state index is 0.0130. The Morgan fingerprint density at radius 3 is 3.00 bits per heavy atom. The molecule has 1 aliphatic heterocycles. The van der Waals surface area contributed by atoms with Crippen LogP contribution in [-0.4, -0.2) is 31.6 Å². The van der Waals surface area contributed by atoms with E-state index in [1.807, 2.05) is 11.9 Å². The summed E-state index contributed by atoms with van der Waals surface area (Å²) in [6.07, 6.45) is 2.06. The molecule has 0 saturated carbocycles. The van der Waals surface area contributed by atoms with Gasteiger partial charge < -0.3 is 10.2 Å². The quantitative estimate of drug-likeness (QED) is 0.486. The number of benzene rings is 1. The molecule has 1 heterocycles. The second kappa shape index (κ2) is 6.66. The van der Waals surface area contributed by atoms with Crippen LogP contribution in [0.2, 0.25) is 0 Å². The van der Waals surface area contributed by atoms with Crippen molar-refractivity contribution in [2.75, 3.05) is 31.6 Å². The van der Waals surface area contributed by atoms with E-state index in [2.05, 4.69) is 5.32 Å². The fourth-order valence-electron chi connectivity index (χ4n) is 2.66. The highest BCUT2D eigenvalue weighted by molar-refractivity contribution is 14.1. The fourth-order valence-corrected chi connectivity index (χ4v) is 3.12. The first-order chi connectivity index (χ1) is 9.52. The Balaban J connectivity index is 2.31. The molecule has 20 heavy (non-hydrogen) atoms. The highest BCUT2D eigenvalue weighted by Crippen LogP contribution is 2.34. The van der Waals surface area contributed by atoms with Gasteiger partial charge in [-0.05, 0) is 54.9 Å². The normalized spacial score (nSPS) is 19.1. The smallest absolute Gasteiger partial charge is 0.293 e. The first-order valence-corrected chi connectivity index (χ1v) is 7.63. The lowest BCUT2D eigenvalue weighted by Crippen LogP contribution is -2.39. The number of halogens is 2. The molecule has 0 aromatic heterocycles. The summed E-state index contributed by atoms with van der Waals surface area (Å²) >= 11 is 1.78. The molecule has 110 valence electrons. The molecular formula is C13H17FIN3O2. The van der Waals surface area contributed by atoms with Crippen LogP contribution in [0.4, 0.5) is 15.8 Å². The summed E-state index contributed by atoms with van der Waals surface area (Å²) < 4.78 is 14.0. The van der Waals surface area contributed by atoms with Gasteiger partial charge >= 0.3 is 0 Å². The van der Waals surface area contributed by atoms with Gasteiger partial charge in [-0.2, -0.15) is 0 Å². The number of nitrogens with zero attached hydrogens (tertiary/aromatic N) is 2. The maximum absolute atomic E-state index is 13.8. The van der Waals surface area contributed by atoms with Gasteiger partial charge in [-0.3, -0.25) is 10.1 Å². The molecule has 7 heteroatoms. The summed E-state index contributed by atoms with van der Waals surface area (Å²) in [5.74, 6) is 0.0395. The SMILES string of the molecule is CNCC1CCCN(c2cc(F)c(I)cc2[N+](=O)[O-])C1. The van der Waals surface area contributed by atoms with Crippen molar-refractivity contribution in [2.24, 2.45) is 5.92 Å². The van der Waals surface area contributed by atoms with Crippen molar-refractivity contribution < 1.29 is 9.31 Å². The zero-order chi connectivity index (χ0) is 14.7. The molecule has 1 saturated heterocycles. The van der Waals surface area contributed by atoms with Gasteiger partial charge in [0, 0.05) is 25.2 Å². The average Bonchev–Trinajstić information content (AvgIpc) is 2.42. The molecule has 1 aromatic carbocycles. The lowest BCUT2D eigenvalue weighted by Gasteiger charge is -2.34. The van der Waals surface area contributed by atoms with Crippen molar-refractivity contribution in [3.63, 3.8) is 0 Å². The van der Waals surface area contributed by atoms with Crippen LogP contribution >= 0.6 is 22.6 Å². The van der Waals surface area contributed by atoms with Gasteiger partial charge in [0.15, 0.2) is 0 Å². The third kappa shape index (κ3) is 3.38. The van der Waals surface area contributed by atoms with Gasteiger partial charge in [0.1, 0.15) is 11.5 Å². The monoisotopic (exact) mass is 393 g/mol. The summed E-state index contributed by atoms with van der Waals surface area (Å²) in [6.45, 7) is 2.33. The van der Waals surface area contributed by atoms with Crippen LogP contribution in [0.15, 0.2) is 12.1 Å². The highest BCUT2D eigenvalue weighted by atomic mass is 127. The Labute approximate surface area is 130 Å². The van der Waals surface area contributed by atoms with Crippen LogP contribution in [0.3, 0.4) is 0 Å². The van der Waals surface area contributed by atoms with Crippen molar-refractivity contribution in [2.45, 2.75) is 12.8 Å². The number of nitrogens with one attached hydrogen (secondary N) is 1. The van der Waals surface area contributed by atoms with E-state index in [0.717, 1.165) is 32.5 Å². The van der Waals surface area contributed by atoms with E-state index in [9.17, 15) is 14.5 Å². The first kappa shape index (κ1) is 15.4. The molecule has 2 rings (SSSR count). The second-order valence-corrected chi connectivity index (χ2v) is 6.19. The molecule has 1 aromatic rings. The molecule has 0 radical (unpaired) electrons. The number of hydrogen-bond donors (Lipinski definition) is 1. The summed E-state index contributed by atoms with van der Waals surface area (Å²) in [4.78, 5) is 12.7. The lowest BCUT2D eigenvalue weighted by atomic mass is 9.97. The van der Waals surface area contributed by atoms with Crippen LogP contribution in [0.1, 0.15) is 12.8 Å². The summed E-state index contributed by atoms with van der Waals surface area (Å²) in [5, 5.41) is 14.3. The van der Waals surface area contributed by atoms with Crippen molar-refractivity contribution in [1.29, 1.82) is 0 Å². The Bertz CT molecular complexity index is 511. The van der Waals surface area contributed by atoms with Gasteiger partial charge in [-0.1, -0.05) is 0 Å². The van der Waals surface area contributed by atoms with E-state index < -0.39 is 10.7 Å². The van der Waals surface area contributed by atoms with Crippen molar-refractivity contribution >= 4 is 34.0 Å². The summed E-state index contributed by atoms with van der Waals surface area (Å²) in [7, 11) is 1.89. The largest absolute Gasteiger partial charge is 0.366 e. The average molecular weight is 393 g/mol. The van der Waals surface area contributed by atoms with E-state index >= 15 is 0 Å². The predicted octanol–water partition coefficient (Wildman–Crippen LogP) is 2.77. The van der Waals surface area contributed by atoms with E-state index in [1.165, 1.54) is 12.1 Å². The number of anilines is 1. The van der Waals surface area contributed by atoms with Crippen LogP contribution in [0, 0.1) is 25.4 Å². The number of nitro benzene ring substituents is 1. The van der Waals surface area contributed by atoms with Crippen LogP contribution in [0.25, 0.3) is 0 Å². The standard InChI is InChI=1S/C13H17FIN3O2/c1-16-7-9-3-2-4-17(8-9)12-5-10(14)11(15)6-13(12)18(19)20/h5-6,9,16H,2-4,7-8H2,1H3. The second-order valence-electron chi connectivity index (χ2n) is 5.02. The molecule has 0 aliphatic carbocycles. The molecule has 0 spiro atoms. The van der Waals surface area contributed by atoms with Gasteiger partial charge in [0.2, 0.25) is 0 Å². The third-order valence-electron chi connectivity index (χ3n) is 3.57. The minimum Gasteiger partial charge on any atom is -0.366 e. The topological polar surface area (TPSA) is 58.4 Å². The zero-order valence-corrected chi connectivity index (χ0v) is 13.4. The highest BCUT2D eigenvalue weighted by Gasteiger charge is 2.26. The van der Waals surface area contributed by atoms with Gasteiger partial charge in [0.05, 0.1) is 8.49 Å². The van der Waals surface area contributed by atoms with Crippen molar-refractivity contribution in [3.8, 4) is 0 Å². The number of nitro groups is 1. The molecule has 1 fully saturated rings. The van der Waals surface area contributed by atoms with Crippen LogP contribution < -0.4 is 10.2 Å². The third-order valence-corrected chi connectivity index (χ3v) is 4.39. The van der Waals surface area contributed by atoms with Gasteiger partial charge in [-0.25, -0.2) is 4.39 Å². The molecular weight excluding hydrogens is 376 g/mol. The number of piperidine rings is 1. The van der Waals surface area contributed by atoms with Crippen molar-refractivity contribution in [1.82, 2.24) is 5.32 Å². The maximum Gasteiger partial charge on any atom is 0.293 e. The van der Waals surface area contributed by atoms with Crippen LogP contribution in [0.5, 0.6) is 0 Å². The van der Waals surface area contributed by atoms with Crippen LogP contribution in [-0.2, 0) is 0 Å². The Hall–Kier alpha value is -0.960. The van der Waals surface area contributed by atoms with Gasteiger partial charge in [-0.15, -0.1) is 0 Å². The zero-order valence-electron chi connectivity index (χ0n) is 11.2. The molecule has 1 atom stereocenters. The molecule has 0 bridgehead atoms. The van der Waals surface area contributed by atoms with Gasteiger partial charge in [0.25, 0.3) is 5.69 Å². The lowest BCUT2D eigenvalue weighted by molar-refractivity contribution is -0.384. The van der Waals surface area contributed by atoms with E-state index in [4.69, 9.17) is 0 Å². The number of rotatable bonds is 4. The molecule has 1 unspecified atom stereocenters. The predicted molar refractivity (Wildman–Crippen MR) is 84.6 cm³/mol. The Morgan fingerprint density at radius 2 is 2.35 bits per heavy atom. The number of hydrogen-bond acceptors (Lipinski definition) is 4. The van der Waals surface area contributed by atoms with E-state index in [1.54, 1.807) is 22.6 Å². The van der Waals surface area contributed by atoms with E-state index in [0.29, 0.717) is 11.6 Å². The molecule has 5 nitrogen and oxygen atoms in total. The fraction of sp³-hybridized carbons (Fsp3) is 0.538. The minimum atomic E-state index is -0.432.